The minimum absolute atomic E-state index is 0.0136. The maximum Gasteiger partial charge on any atom is 0.327 e. The second kappa shape index (κ2) is 57.6. The van der Waals surface area contributed by atoms with Crippen molar-refractivity contribution in [3.63, 3.8) is 0 Å². The van der Waals surface area contributed by atoms with Gasteiger partial charge in [0.05, 0.1) is 42.8 Å². The monoisotopic (exact) mass is 1880 g/mol. The average Bonchev–Trinajstić information content (AvgIpc) is 1.83. The zero-order chi connectivity index (χ0) is 97.6. The number of aryl methyl sites for hydroxylation is 2. The molecule has 0 bridgehead atoms. The van der Waals surface area contributed by atoms with Crippen LogP contribution in [-0.4, -0.2) is 320 Å². The number of rotatable bonds is 67. The van der Waals surface area contributed by atoms with Gasteiger partial charge in [-0.25, -0.2) is 4.79 Å². The number of carboxylic acid groups (broad SMARTS) is 7. The fourth-order valence-electron chi connectivity index (χ4n) is 11.7. The van der Waals surface area contributed by atoms with Gasteiger partial charge in [-0.3, -0.25) is 110 Å². The molecule has 0 fully saturated rings. The van der Waals surface area contributed by atoms with E-state index in [0.717, 1.165) is 29.4 Å². The number of aliphatic carboxylic acids is 7. The standard InChI is InChI=1S/C71H117N23O33P2/c1-36(76-62(111)44(14-20-53(97)98)82-66(115)46(16-22-55(101)102)84-68(117)48(18-24-57(105)106)85-67(116)47(17-23-56(103)104)83-65(114)45(15-21-54(99)100)81-61(110)41(75)13-19-52(95)96)58(107)79-42(10-4-7-25-72)63(112)87-50(32-39-34-93(91-89-39)28-30-128(122,123)124)69(118)77-37(2)59(108)80-43(11-5-8-26-73)64(113)88-51(33-40-35-94(92-90-40)29-31-129(125,126)127)70(119)78-38(3)60(109)86-49(71(120)121)12-6-9-27-74/h34-38,41-51H,4-33,72-75H2,1-3H3,(H,76,111)(H,77,118)(H,78,119)(H,79,107)(H,80,108)(H,81,110)(H,82,115)(H,83,114)(H,84,117)(H,85,116)(H,86,109)(H,87,112)(H,88,113)(H,95,96)(H,97,98)(H,99,100)(H,101,102)(H,103,104)(H,105,106)(H,120,121)(H2,122,123,124)(H2,125,126,127)/t36-,37-,38-,41-,42-,43-,44-,45-,46-,47-,48-,49-,50-,51-/m0/s1. The number of nitrogens with zero attached hydrogens (tertiary/aromatic N) is 6. The first-order valence-electron chi connectivity index (χ1n) is 40.6. The Morgan fingerprint density at radius 3 is 0.783 bits per heavy atom. The fraction of sp³-hybridized carbons (Fsp3) is 0.662. The van der Waals surface area contributed by atoms with Crippen LogP contribution in [0, 0.1) is 0 Å². The van der Waals surface area contributed by atoms with Gasteiger partial charge in [0.1, 0.15) is 78.5 Å². The molecule has 0 spiro atoms. The van der Waals surface area contributed by atoms with Gasteiger partial charge in [-0.1, -0.05) is 10.4 Å². The number of hydrogen-bond donors (Lipinski definition) is 28. The number of carboxylic acids is 7. The molecule has 2 aromatic heterocycles. The van der Waals surface area contributed by atoms with Crippen LogP contribution in [0.2, 0.25) is 0 Å². The van der Waals surface area contributed by atoms with Crippen molar-refractivity contribution in [2.24, 2.45) is 22.9 Å². The van der Waals surface area contributed by atoms with Crippen molar-refractivity contribution in [1.82, 2.24) is 99.1 Å². The van der Waals surface area contributed by atoms with Crippen molar-refractivity contribution in [1.29, 1.82) is 0 Å². The summed E-state index contributed by atoms with van der Waals surface area (Å²) in [6, 6.07) is -24.9. The summed E-state index contributed by atoms with van der Waals surface area (Å²) >= 11 is 0. The number of nitrogens with one attached hydrogen (secondary N) is 13. The number of unbranched alkanes of at least 4 members (excludes halogenated alkanes) is 3. The molecule has 2 rings (SSSR count). The van der Waals surface area contributed by atoms with Gasteiger partial charge in [-0.15, -0.1) is 10.2 Å². The van der Waals surface area contributed by atoms with Gasteiger partial charge < -0.3 is 147 Å². The Hall–Kier alpha value is -12.2. The van der Waals surface area contributed by atoms with Crippen LogP contribution < -0.4 is 92.1 Å². The van der Waals surface area contributed by atoms with E-state index in [1.807, 2.05) is 0 Å². The summed E-state index contributed by atoms with van der Waals surface area (Å²) in [6.45, 7) is 2.89. The van der Waals surface area contributed by atoms with E-state index in [2.05, 4.69) is 89.7 Å². The predicted molar refractivity (Wildman–Crippen MR) is 439 cm³/mol. The largest absolute Gasteiger partial charge is 0.481 e. The molecule has 2 heterocycles. The van der Waals surface area contributed by atoms with Crippen LogP contribution in [0.1, 0.15) is 167 Å². The van der Waals surface area contributed by atoms with Crippen molar-refractivity contribution < 1.29 is 160 Å². The highest BCUT2D eigenvalue weighted by Crippen LogP contribution is 2.34. The summed E-state index contributed by atoms with van der Waals surface area (Å²) in [6.07, 6.45) is -9.33. The Balaban J connectivity index is 2.63. The molecule has 14 atom stereocenters. The lowest BCUT2D eigenvalue weighted by Gasteiger charge is -2.27. The zero-order valence-electron chi connectivity index (χ0n) is 70.7. The molecule has 0 unspecified atom stereocenters. The maximum absolute atomic E-state index is 14.7. The van der Waals surface area contributed by atoms with Gasteiger partial charge in [0.15, 0.2) is 0 Å². The van der Waals surface area contributed by atoms with E-state index >= 15 is 0 Å². The molecule has 0 aromatic carbocycles. The van der Waals surface area contributed by atoms with Crippen LogP contribution in [0.3, 0.4) is 0 Å². The van der Waals surface area contributed by atoms with Crippen molar-refractivity contribution in [3.8, 4) is 0 Å². The van der Waals surface area contributed by atoms with E-state index in [9.17, 15) is 155 Å². The highest BCUT2D eigenvalue weighted by molar-refractivity contribution is 7.52. The van der Waals surface area contributed by atoms with E-state index in [-0.39, 0.29) is 82.5 Å². The lowest BCUT2D eigenvalue weighted by Crippen LogP contribution is -2.60. The van der Waals surface area contributed by atoms with Crippen LogP contribution in [0.5, 0.6) is 0 Å². The quantitative estimate of drug-likeness (QED) is 0.0216. The molecule has 56 nitrogen and oxygen atoms in total. The normalized spacial score (nSPS) is 14.6. The number of nitrogens with two attached hydrogens (primary N) is 4. The molecule has 0 saturated heterocycles. The van der Waals surface area contributed by atoms with E-state index < -0.39 is 327 Å². The summed E-state index contributed by atoms with van der Waals surface area (Å²) in [7, 11) is -9.21. The first kappa shape index (κ1) is 113. The van der Waals surface area contributed by atoms with E-state index in [1.54, 1.807) is 0 Å². The number of carbonyl (C=O) groups is 20. The fourth-order valence-corrected chi connectivity index (χ4v) is 12.6. The molecule has 2 aromatic rings. The molecule has 0 saturated carbocycles. The lowest BCUT2D eigenvalue weighted by atomic mass is 10.0. The summed E-state index contributed by atoms with van der Waals surface area (Å²) in [4.78, 5) is 304. The first-order valence-corrected chi connectivity index (χ1v) is 44.2. The minimum atomic E-state index is -4.65. The Morgan fingerprint density at radius 2 is 0.527 bits per heavy atom. The van der Waals surface area contributed by atoms with Gasteiger partial charge in [0.2, 0.25) is 76.8 Å². The summed E-state index contributed by atoms with van der Waals surface area (Å²) in [5.74, 6) is -26.7. The number of amides is 13. The summed E-state index contributed by atoms with van der Waals surface area (Å²) < 4.78 is 25.5. The Labute approximate surface area is 735 Å². The van der Waals surface area contributed by atoms with Crippen LogP contribution in [-0.2, 0) is 131 Å². The molecule has 0 aliphatic carbocycles. The van der Waals surface area contributed by atoms with Gasteiger partial charge in [-0.2, -0.15) is 0 Å². The second-order valence-corrected chi connectivity index (χ2v) is 33.4. The number of hydrogen-bond acceptors (Lipinski definition) is 30. The Kier molecular flexibility index (Phi) is 50.4. The molecule has 724 valence electrons. The third-order valence-corrected chi connectivity index (χ3v) is 20.5. The third-order valence-electron chi connectivity index (χ3n) is 18.9. The molecular weight excluding hydrogens is 1760 g/mol. The van der Waals surface area contributed by atoms with Gasteiger partial charge in [0, 0.05) is 63.8 Å². The van der Waals surface area contributed by atoms with Crippen molar-refractivity contribution in [3.05, 3.63) is 23.8 Å². The lowest BCUT2D eigenvalue weighted by molar-refractivity contribution is -0.142. The third kappa shape index (κ3) is 46.9. The van der Waals surface area contributed by atoms with E-state index in [1.165, 1.54) is 13.1 Å². The first-order chi connectivity index (χ1) is 60.3. The molecular formula is C71H117N23O33P2. The highest BCUT2D eigenvalue weighted by atomic mass is 31.2. The van der Waals surface area contributed by atoms with Crippen LogP contribution in [0.25, 0.3) is 0 Å². The SMILES string of the molecule is C[C@H](NC(=O)[C@H](Cc1cn(CCP(=O)(O)O)nn1)NC(=O)[C@H](CCCCN)NC(=O)[C@H](C)NC(=O)[C@H](Cc1cn(CCP(=O)(O)O)nn1)NC(=O)[C@H](CCCCN)NC(=O)[C@H](C)NC(=O)[C@H](CCC(=O)O)NC(=O)[C@H](CCC(=O)O)NC(=O)[C@H](CCC(=O)O)NC(=O)[C@H](CCC(=O)O)NC(=O)[C@H](CCC(=O)O)NC(=O)[C@@H](N)CCC(=O)O)C(=O)N[C@@H](CCCCN)C(=O)O. The van der Waals surface area contributed by atoms with Crippen LogP contribution in [0.4, 0.5) is 0 Å². The Bertz CT molecular complexity index is 4300. The number of carbonyl (C=O) groups excluding carboxylic acids is 13. The van der Waals surface area contributed by atoms with Crippen LogP contribution >= 0.6 is 15.2 Å². The topological polar surface area (TPSA) is 920 Å². The minimum Gasteiger partial charge on any atom is -0.481 e. The van der Waals surface area contributed by atoms with Crippen molar-refractivity contribution in [2.75, 3.05) is 32.0 Å². The smallest absolute Gasteiger partial charge is 0.327 e. The highest BCUT2D eigenvalue weighted by Gasteiger charge is 2.39. The zero-order valence-corrected chi connectivity index (χ0v) is 72.5. The summed E-state index contributed by atoms with van der Waals surface area (Å²) in [5.41, 5.74) is 22.6. The molecule has 0 aliphatic heterocycles. The molecule has 0 aliphatic rings. The predicted octanol–water partition coefficient (Wildman–Crippen LogP) is -9.64. The molecule has 13 amide bonds. The summed E-state index contributed by atoms with van der Waals surface area (Å²) in [5, 5.41) is 112. The van der Waals surface area contributed by atoms with E-state index in [0.29, 0.717) is 12.8 Å². The second-order valence-electron chi connectivity index (χ2n) is 29.8. The molecule has 129 heavy (non-hydrogen) atoms. The van der Waals surface area contributed by atoms with Crippen molar-refractivity contribution >= 4 is 134 Å². The molecule has 58 heteroatoms. The van der Waals surface area contributed by atoms with Gasteiger partial charge in [-0.05, 0) is 137 Å². The number of aromatic nitrogens is 6. The van der Waals surface area contributed by atoms with Crippen molar-refractivity contribution in [2.45, 2.75) is 266 Å². The average molecular weight is 1880 g/mol. The van der Waals surface area contributed by atoms with Crippen LogP contribution in [0.15, 0.2) is 12.4 Å². The molecule has 0 radical (unpaired) electrons. The van der Waals surface area contributed by atoms with E-state index in [4.69, 9.17) is 28.0 Å². The maximum atomic E-state index is 14.7. The van der Waals surface area contributed by atoms with Gasteiger partial charge in [0.25, 0.3) is 0 Å². The van der Waals surface area contributed by atoms with Gasteiger partial charge >= 0.3 is 57.0 Å². The Morgan fingerprint density at radius 1 is 0.310 bits per heavy atom. The molecule has 32 N–H and O–H groups in total.